The van der Waals surface area contributed by atoms with E-state index in [0.29, 0.717) is 12.1 Å². The van der Waals surface area contributed by atoms with E-state index >= 15 is 0 Å². The van der Waals surface area contributed by atoms with Crippen molar-refractivity contribution in [3.05, 3.63) is 29.8 Å². The summed E-state index contributed by atoms with van der Waals surface area (Å²) in [6.45, 7) is 3.76. The summed E-state index contributed by atoms with van der Waals surface area (Å²) in [6.07, 6.45) is 3.92. The van der Waals surface area contributed by atoms with Gasteiger partial charge in [0.2, 0.25) is 0 Å². The highest BCUT2D eigenvalue weighted by Gasteiger charge is 2.07. The van der Waals surface area contributed by atoms with Crippen molar-refractivity contribution in [3.8, 4) is 11.8 Å². The number of hydrogen-bond donors (Lipinski definition) is 2. The highest BCUT2D eigenvalue weighted by Crippen LogP contribution is 2.09. The highest BCUT2D eigenvalue weighted by atomic mass is 16.4. The zero-order chi connectivity index (χ0) is 14.2. The number of likely N-dealkylation sites (tertiary alicyclic amines) is 1. The van der Waals surface area contributed by atoms with Crippen LogP contribution in [0.25, 0.3) is 0 Å². The first-order valence-electron chi connectivity index (χ1n) is 7.01. The van der Waals surface area contributed by atoms with Crippen LogP contribution in [-0.4, -0.2) is 42.2 Å². The second-order valence-corrected chi connectivity index (χ2v) is 4.93. The van der Waals surface area contributed by atoms with Crippen LogP contribution in [0.5, 0.6) is 0 Å². The molecule has 0 aromatic heterocycles. The van der Waals surface area contributed by atoms with E-state index in [4.69, 9.17) is 5.11 Å². The minimum Gasteiger partial charge on any atom is -0.478 e. The molecule has 4 heteroatoms. The van der Waals surface area contributed by atoms with Crippen molar-refractivity contribution < 1.29 is 9.90 Å². The van der Waals surface area contributed by atoms with Crippen LogP contribution in [0.2, 0.25) is 0 Å². The monoisotopic (exact) mass is 272 g/mol. The molecule has 2 rings (SSSR count). The standard InChI is InChI=1S/C16H20N2O2/c19-16(20)14-6-8-15(9-7-14)17-10-2-5-13-18-11-3-1-4-12-18/h6-9,17H,1,3-4,10-13H2,(H,19,20). The molecule has 1 aromatic carbocycles. The Morgan fingerprint density at radius 3 is 2.50 bits per heavy atom. The predicted octanol–water partition coefficient (Wildman–Crippen LogP) is 2.29. The first kappa shape index (κ1) is 14.4. The van der Waals surface area contributed by atoms with Crippen LogP contribution < -0.4 is 5.32 Å². The maximum Gasteiger partial charge on any atom is 0.335 e. The molecule has 106 valence electrons. The molecule has 0 saturated carbocycles. The van der Waals surface area contributed by atoms with E-state index in [1.165, 1.54) is 32.4 Å². The van der Waals surface area contributed by atoms with Gasteiger partial charge in [0.1, 0.15) is 0 Å². The molecule has 0 bridgehead atoms. The fourth-order valence-corrected chi connectivity index (χ4v) is 2.22. The molecule has 0 unspecified atom stereocenters. The summed E-state index contributed by atoms with van der Waals surface area (Å²) >= 11 is 0. The van der Waals surface area contributed by atoms with Gasteiger partial charge in [0, 0.05) is 5.69 Å². The summed E-state index contributed by atoms with van der Waals surface area (Å²) in [5, 5.41) is 12.0. The Hall–Kier alpha value is -1.99. The molecular weight excluding hydrogens is 252 g/mol. The van der Waals surface area contributed by atoms with Crippen LogP contribution in [0.1, 0.15) is 29.6 Å². The fraction of sp³-hybridized carbons (Fsp3) is 0.438. The Morgan fingerprint density at radius 1 is 1.15 bits per heavy atom. The quantitative estimate of drug-likeness (QED) is 0.826. The van der Waals surface area contributed by atoms with Gasteiger partial charge < -0.3 is 10.4 Å². The van der Waals surface area contributed by atoms with Gasteiger partial charge in [0.05, 0.1) is 18.7 Å². The molecule has 0 aliphatic carbocycles. The Balaban J connectivity index is 1.71. The normalized spacial score (nSPS) is 15.2. The van der Waals surface area contributed by atoms with Crippen LogP contribution >= 0.6 is 0 Å². The molecule has 1 aromatic rings. The minimum absolute atomic E-state index is 0.298. The number of anilines is 1. The lowest BCUT2D eigenvalue weighted by atomic mass is 10.1. The summed E-state index contributed by atoms with van der Waals surface area (Å²) in [5.74, 6) is 5.37. The lowest BCUT2D eigenvalue weighted by Gasteiger charge is -2.23. The molecule has 0 amide bonds. The van der Waals surface area contributed by atoms with Crippen molar-refractivity contribution in [2.45, 2.75) is 19.3 Å². The molecule has 0 spiro atoms. The summed E-state index contributed by atoms with van der Waals surface area (Å²) in [5.41, 5.74) is 1.19. The molecule has 2 N–H and O–H groups in total. The number of aromatic carboxylic acids is 1. The molecule has 1 fully saturated rings. The maximum absolute atomic E-state index is 10.7. The predicted molar refractivity (Wildman–Crippen MR) is 80.0 cm³/mol. The van der Waals surface area contributed by atoms with Gasteiger partial charge in [0.15, 0.2) is 0 Å². The number of piperidine rings is 1. The third kappa shape index (κ3) is 4.60. The van der Waals surface area contributed by atoms with Gasteiger partial charge in [-0.2, -0.15) is 0 Å². The summed E-state index contributed by atoms with van der Waals surface area (Å²) in [6, 6.07) is 6.70. The van der Waals surface area contributed by atoms with E-state index in [1.54, 1.807) is 24.3 Å². The van der Waals surface area contributed by atoms with E-state index < -0.39 is 5.97 Å². The van der Waals surface area contributed by atoms with Gasteiger partial charge in [-0.25, -0.2) is 4.79 Å². The van der Waals surface area contributed by atoms with Crippen LogP contribution in [0.3, 0.4) is 0 Å². The lowest BCUT2D eigenvalue weighted by molar-refractivity contribution is 0.0697. The molecule has 0 radical (unpaired) electrons. The fourth-order valence-electron chi connectivity index (χ4n) is 2.22. The first-order chi connectivity index (χ1) is 9.75. The van der Waals surface area contributed by atoms with Crippen LogP contribution in [-0.2, 0) is 0 Å². The lowest BCUT2D eigenvalue weighted by Crippen LogP contribution is -2.29. The van der Waals surface area contributed by atoms with Gasteiger partial charge in [-0.15, -0.1) is 0 Å². The van der Waals surface area contributed by atoms with Gasteiger partial charge in [-0.3, -0.25) is 4.90 Å². The average Bonchev–Trinajstić information content (AvgIpc) is 2.48. The van der Waals surface area contributed by atoms with E-state index in [2.05, 4.69) is 22.1 Å². The number of carboxylic acids is 1. The van der Waals surface area contributed by atoms with Crippen molar-refractivity contribution in [2.24, 2.45) is 0 Å². The zero-order valence-corrected chi connectivity index (χ0v) is 11.6. The second-order valence-electron chi connectivity index (χ2n) is 4.93. The van der Waals surface area contributed by atoms with Crippen molar-refractivity contribution in [1.29, 1.82) is 0 Å². The Bertz CT molecular complexity index is 493. The maximum atomic E-state index is 10.7. The van der Waals surface area contributed by atoms with E-state index in [0.717, 1.165) is 12.2 Å². The Labute approximate surface area is 119 Å². The SMILES string of the molecule is O=C(O)c1ccc(NCC#CCN2CCCCC2)cc1. The van der Waals surface area contributed by atoms with Gasteiger partial charge >= 0.3 is 5.97 Å². The molecular formula is C16H20N2O2. The van der Waals surface area contributed by atoms with Gasteiger partial charge in [-0.1, -0.05) is 18.3 Å². The van der Waals surface area contributed by atoms with Crippen molar-refractivity contribution in [3.63, 3.8) is 0 Å². The minimum atomic E-state index is -0.905. The molecule has 1 heterocycles. The molecule has 4 nitrogen and oxygen atoms in total. The third-order valence-corrected chi connectivity index (χ3v) is 3.39. The number of nitrogens with one attached hydrogen (secondary N) is 1. The number of hydrogen-bond acceptors (Lipinski definition) is 3. The molecule has 20 heavy (non-hydrogen) atoms. The smallest absolute Gasteiger partial charge is 0.335 e. The molecule has 1 aliphatic heterocycles. The van der Waals surface area contributed by atoms with Gasteiger partial charge in [-0.05, 0) is 50.2 Å². The highest BCUT2D eigenvalue weighted by molar-refractivity contribution is 5.87. The summed E-state index contributed by atoms with van der Waals surface area (Å²) < 4.78 is 0. The van der Waals surface area contributed by atoms with Crippen molar-refractivity contribution in [2.75, 3.05) is 31.5 Å². The Kier molecular flexibility index (Phi) is 5.45. The number of rotatable bonds is 4. The third-order valence-electron chi connectivity index (χ3n) is 3.39. The van der Waals surface area contributed by atoms with Crippen LogP contribution in [0.4, 0.5) is 5.69 Å². The van der Waals surface area contributed by atoms with E-state index in [9.17, 15) is 4.79 Å². The van der Waals surface area contributed by atoms with Gasteiger partial charge in [0.25, 0.3) is 0 Å². The summed E-state index contributed by atoms with van der Waals surface area (Å²) in [4.78, 5) is 13.1. The molecule has 1 aliphatic rings. The second kappa shape index (κ2) is 7.56. The molecule has 0 atom stereocenters. The topological polar surface area (TPSA) is 52.6 Å². The van der Waals surface area contributed by atoms with Crippen LogP contribution in [0.15, 0.2) is 24.3 Å². The molecule has 1 saturated heterocycles. The number of benzene rings is 1. The number of carboxylic acid groups (broad SMARTS) is 1. The average molecular weight is 272 g/mol. The first-order valence-corrected chi connectivity index (χ1v) is 7.01. The number of carbonyl (C=O) groups is 1. The van der Waals surface area contributed by atoms with Crippen LogP contribution in [0, 0.1) is 11.8 Å². The van der Waals surface area contributed by atoms with Crippen molar-refractivity contribution >= 4 is 11.7 Å². The van der Waals surface area contributed by atoms with E-state index in [-0.39, 0.29) is 0 Å². The van der Waals surface area contributed by atoms with E-state index in [1.807, 2.05) is 0 Å². The number of nitrogens with zero attached hydrogens (tertiary/aromatic N) is 1. The summed E-state index contributed by atoms with van der Waals surface area (Å²) in [7, 11) is 0. The zero-order valence-electron chi connectivity index (χ0n) is 11.6. The van der Waals surface area contributed by atoms with Crippen molar-refractivity contribution in [1.82, 2.24) is 4.90 Å². The largest absolute Gasteiger partial charge is 0.478 e. The Morgan fingerprint density at radius 2 is 1.85 bits per heavy atom.